The first-order valence-corrected chi connectivity index (χ1v) is 13.4. The fraction of sp³-hybridized carbons (Fsp3) is 0.152. The van der Waals surface area contributed by atoms with Gasteiger partial charge in [0.2, 0.25) is 0 Å². The topological polar surface area (TPSA) is 107 Å². The molecule has 0 aliphatic rings. The van der Waals surface area contributed by atoms with Gasteiger partial charge in [-0.1, -0.05) is 67.4 Å². The van der Waals surface area contributed by atoms with Crippen molar-refractivity contribution in [1.82, 2.24) is 9.97 Å². The molecule has 0 fully saturated rings. The molecule has 0 amide bonds. The Balaban J connectivity index is 1.55. The highest BCUT2D eigenvalue weighted by Crippen LogP contribution is 2.37. The molecule has 2 N–H and O–H groups in total. The summed E-state index contributed by atoms with van der Waals surface area (Å²) in [6.07, 6.45) is 2.09. The largest absolute Gasteiger partial charge is 0.478 e. The average Bonchev–Trinajstić information content (AvgIpc) is 3.40. The number of nitrogens with zero attached hydrogens (tertiary/aromatic N) is 2. The van der Waals surface area contributed by atoms with Gasteiger partial charge in [-0.15, -0.1) is 0 Å². The molecule has 40 heavy (non-hydrogen) atoms. The molecular weight excluding hydrogens is 522 g/mol. The van der Waals surface area contributed by atoms with Gasteiger partial charge in [-0.25, -0.2) is 9.78 Å². The first kappa shape index (κ1) is 26.9. The number of imidazole rings is 1. The van der Waals surface area contributed by atoms with Crippen molar-refractivity contribution in [1.29, 1.82) is 5.26 Å². The minimum absolute atomic E-state index is 0.00370. The van der Waals surface area contributed by atoms with E-state index in [9.17, 15) is 20.0 Å². The second-order valence-corrected chi connectivity index (χ2v) is 10.1. The van der Waals surface area contributed by atoms with Crippen LogP contribution in [-0.2, 0) is 0 Å². The summed E-state index contributed by atoms with van der Waals surface area (Å²) in [5, 5.41) is 19.9. The van der Waals surface area contributed by atoms with Crippen molar-refractivity contribution in [2.24, 2.45) is 0 Å². The molecule has 4 aromatic carbocycles. The lowest BCUT2D eigenvalue weighted by atomic mass is 9.87. The molecule has 0 saturated heterocycles. The van der Waals surface area contributed by atoms with Gasteiger partial charge in [0.25, 0.3) is 0 Å². The maximum Gasteiger partial charge on any atom is 0.336 e. The number of hydrogen-bond donors (Lipinski definition) is 2. The van der Waals surface area contributed by atoms with Crippen LogP contribution < -0.4 is 0 Å². The van der Waals surface area contributed by atoms with E-state index < -0.39 is 5.97 Å². The maximum atomic E-state index is 13.4. The highest BCUT2D eigenvalue weighted by atomic mass is 35.5. The molecule has 5 aromatic rings. The first-order valence-electron chi connectivity index (χ1n) is 13.0. The molecular formula is C33H26ClN3O3. The number of carboxylic acid groups (broad SMARTS) is 1. The minimum atomic E-state index is -1.15. The number of carbonyl (C=O) groups excluding carboxylic acids is 1. The Bertz CT molecular complexity index is 1770. The van der Waals surface area contributed by atoms with Gasteiger partial charge in [-0.05, 0) is 71.5 Å². The Hall–Kier alpha value is -4.73. The van der Waals surface area contributed by atoms with Gasteiger partial charge in [-0.3, -0.25) is 4.79 Å². The summed E-state index contributed by atoms with van der Waals surface area (Å²) in [4.78, 5) is 33.7. The van der Waals surface area contributed by atoms with E-state index in [1.807, 2.05) is 30.3 Å². The zero-order chi connectivity index (χ0) is 28.2. The van der Waals surface area contributed by atoms with Gasteiger partial charge < -0.3 is 10.1 Å². The molecule has 0 aliphatic carbocycles. The Morgan fingerprint density at radius 1 is 0.975 bits per heavy atom. The average molecular weight is 548 g/mol. The van der Waals surface area contributed by atoms with E-state index >= 15 is 0 Å². The molecule has 0 aliphatic heterocycles. The van der Waals surface area contributed by atoms with E-state index in [1.165, 1.54) is 6.07 Å². The third kappa shape index (κ3) is 5.51. The number of aromatic carboxylic acids is 1. The van der Waals surface area contributed by atoms with E-state index in [0.717, 1.165) is 18.4 Å². The van der Waals surface area contributed by atoms with Crippen molar-refractivity contribution < 1.29 is 14.7 Å². The SMILES string of the molecule is CCC[C@@H](CC(=O)c1ccc(-c2cc(Cl)ccc2-c2nc3ccc(C#N)cc3[nH]2)c(C(=O)O)c1)c1ccccc1. The van der Waals surface area contributed by atoms with Crippen LogP contribution in [-0.4, -0.2) is 26.8 Å². The Morgan fingerprint density at radius 2 is 1.75 bits per heavy atom. The summed E-state index contributed by atoms with van der Waals surface area (Å²) < 4.78 is 0. The number of carbonyl (C=O) groups is 2. The molecule has 1 atom stereocenters. The number of ketones is 1. The molecule has 0 bridgehead atoms. The van der Waals surface area contributed by atoms with Gasteiger partial charge >= 0.3 is 5.97 Å². The number of carboxylic acids is 1. The summed E-state index contributed by atoms with van der Waals surface area (Å²) >= 11 is 6.36. The van der Waals surface area contributed by atoms with E-state index in [-0.39, 0.29) is 17.3 Å². The van der Waals surface area contributed by atoms with Crippen LogP contribution >= 0.6 is 11.6 Å². The van der Waals surface area contributed by atoms with Crippen LogP contribution in [0.15, 0.2) is 84.9 Å². The number of aromatic nitrogens is 2. The lowest BCUT2D eigenvalue weighted by Gasteiger charge is -2.17. The lowest BCUT2D eigenvalue weighted by molar-refractivity contribution is 0.0697. The molecule has 0 radical (unpaired) electrons. The van der Waals surface area contributed by atoms with Gasteiger partial charge in [0.05, 0.1) is 28.2 Å². The Kier molecular flexibility index (Phi) is 7.77. The van der Waals surface area contributed by atoms with Crippen LogP contribution in [0.2, 0.25) is 5.02 Å². The van der Waals surface area contributed by atoms with E-state index in [2.05, 4.69) is 23.0 Å². The molecule has 0 saturated carbocycles. The summed E-state index contributed by atoms with van der Waals surface area (Å²) in [6.45, 7) is 2.09. The van der Waals surface area contributed by atoms with Gasteiger partial charge in [0.15, 0.2) is 5.78 Å². The highest BCUT2D eigenvalue weighted by Gasteiger charge is 2.22. The van der Waals surface area contributed by atoms with Crippen LogP contribution in [0, 0.1) is 11.3 Å². The van der Waals surface area contributed by atoms with Crippen molar-refractivity contribution in [2.45, 2.75) is 32.1 Å². The molecule has 5 rings (SSSR count). The van der Waals surface area contributed by atoms with Crippen LogP contribution in [0.25, 0.3) is 33.5 Å². The smallest absolute Gasteiger partial charge is 0.336 e. The number of H-pyrrole nitrogens is 1. The van der Waals surface area contributed by atoms with Crippen molar-refractivity contribution in [3.05, 3.63) is 112 Å². The maximum absolute atomic E-state index is 13.4. The molecule has 6 nitrogen and oxygen atoms in total. The molecule has 1 heterocycles. The van der Waals surface area contributed by atoms with Gasteiger partial charge in [-0.2, -0.15) is 5.26 Å². The number of nitriles is 1. The summed E-state index contributed by atoms with van der Waals surface area (Å²) in [6, 6.07) is 27.2. The Labute approximate surface area is 236 Å². The van der Waals surface area contributed by atoms with Crippen molar-refractivity contribution in [3.8, 4) is 28.6 Å². The Morgan fingerprint density at radius 3 is 2.48 bits per heavy atom. The highest BCUT2D eigenvalue weighted by molar-refractivity contribution is 6.31. The second-order valence-electron chi connectivity index (χ2n) is 9.71. The molecule has 0 unspecified atom stereocenters. The number of fused-ring (bicyclic) bond motifs is 1. The quantitative estimate of drug-likeness (QED) is 0.180. The monoisotopic (exact) mass is 547 g/mol. The third-order valence-electron chi connectivity index (χ3n) is 7.05. The predicted octanol–water partition coefficient (Wildman–Crippen LogP) is 8.28. The van der Waals surface area contributed by atoms with Gasteiger partial charge in [0, 0.05) is 22.6 Å². The number of halogens is 1. The van der Waals surface area contributed by atoms with E-state index in [1.54, 1.807) is 48.5 Å². The summed E-state index contributed by atoms with van der Waals surface area (Å²) in [5.74, 6) is -0.681. The standard InChI is InChI=1S/C33H26ClN3O3/c1-2-6-22(21-7-4-3-5-8-21)17-31(38)23-10-12-25(28(16-23)33(39)40)27-18-24(34)11-13-26(27)32-36-29-14-9-20(19-35)15-30(29)37-32/h3-5,7-16,18,22H,2,6,17H2,1H3,(H,36,37)(H,39,40)/t22-/m0/s1. The molecule has 0 spiro atoms. The molecule has 198 valence electrons. The number of hydrogen-bond acceptors (Lipinski definition) is 4. The van der Waals surface area contributed by atoms with Crippen molar-refractivity contribution in [2.75, 3.05) is 0 Å². The number of benzene rings is 4. The fourth-order valence-corrected chi connectivity index (χ4v) is 5.26. The molecule has 7 heteroatoms. The first-order chi connectivity index (χ1) is 19.4. The summed E-state index contributed by atoms with van der Waals surface area (Å²) in [7, 11) is 0. The van der Waals surface area contributed by atoms with Crippen LogP contribution in [0.1, 0.15) is 63.9 Å². The van der Waals surface area contributed by atoms with Gasteiger partial charge in [0.1, 0.15) is 5.82 Å². The van der Waals surface area contributed by atoms with Crippen molar-refractivity contribution in [3.63, 3.8) is 0 Å². The van der Waals surface area contributed by atoms with Crippen LogP contribution in [0.5, 0.6) is 0 Å². The number of Topliss-reactive ketones (excluding diaryl/α,β-unsaturated/α-hetero) is 1. The lowest BCUT2D eigenvalue weighted by Crippen LogP contribution is -2.10. The van der Waals surface area contributed by atoms with E-state index in [4.69, 9.17) is 11.6 Å². The number of rotatable bonds is 9. The summed E-state index contributed by atoms with van der Waals surface area (Å²) in [5.41, 5.74) is 4.96. The van der Waals surface area contributed by atoms with E-state index in [0.29, 0.717) is 56.1 Å². The molecule has 1 aromatic heterocycles. The zero-order valence-corrected chi connectivity index (χ0v) is 22.6. The van der Waals surface area contributed by atoms with Crippen LogP contribution in [0.4, 0.5) is 0 Å². The third-order valence-corrected chi connectivity index (χ3v) is 7.28. The fourth-order valence-electron chi connectivity index (χ4n) is 5.08. The number of nitrogens with one attached hydrogen (secondary N) is 1. The normalized spacial score (nSPS) is 11.7. The van der Waals surface area contributed by atoms with Crippen molar-refractivity contribution >= 4 is 34.4 Å². The minimum Gasteiger partial charge on any atom is -0.478 e. The number of aromatic amines is 1. The predicted molar refractivity (Wildman–Crippen MR) is 157 cm³/mol. The van der Waals surface area contributed by atoms with Crippen LogP contribution in [0.3, 0.4) is 0 Å². The zero-order valence-electron chi connectivity index (χ0n) is 21.8. The second kappa shape index (κ2) is 11.6.